The lowest BCUT2D eigenvalue weighted by molar-refractivity contribution is 0.302. The Morgan fingerprint density at radius 2 is 0.436 bits per heavy atom. The highest BCUT2D eigenvalue weighted by molar-refractivity contribution is 8.93. The summed E-state index contributed by atoms with van der Waals surface area (Å²) in [5, 5.41) is 0. The fourth-order valence-corrected chi connectivity index (χ4v) is 6.27. The van der Waals surface area contributed by atoms with Gasteiger partial charge in [-0.05, 0) is 19.3 Å². The molecule has 39 heavy (non-hydrogen) atoms. The molecule has 0 unspecified atom stereocenters. The molecule has 0 aromatic heterocycles. The molecule has 0 saturated heterocycles. The molecule has 0 radical (unpaired) electrons. The highest BCUT2D eigenvalue weighted by Crippen LogP contribution is 2.27. The molecule has 0 atom stereocenters. The topological polar surface area (TPSA) is 26.0 Å². The molecule has 238 valence electrons. The number of hydrogen-bond acceptors (Lipinski definition) is 1. The van der Waals surface area contributed by atoms with Crippen molar-refractivity contribution in [1.82, 2.24) is 0 Å². The van der Waals surface area contributed by atoms with Gasteiger partial charge < -0.3 is 5.73 Å². The summed E-state index contributed by atoms with van der Waals surface area (Å²) in [5.74, 6) is 0. The zero-order valence-corrected chi connectivity index (χ0v) is 29.5. The van der Waals surface area contributed by atoms with Gasteiger partial charge in [0.05, 0.1) is 0 Å². The van der Waals surface area contributed by atoms with Crippen LogP contribution in [0.4, 0.5) is 0 Å². The normalized spacial score (nSPS) is 11.7. The van der Waals surface area contributed by atoms with E-state index >= 15 is 0 Å². The predicted molar refractivity (Wildman–Crippen MR) is 187 cm³/mol. The fourth-order valence-electron chi connectivity index (χ4n) is 6.27. The minimum Gasteiger partial charge on any atom is -0.325 e. The van der Waals surface area contributed by atoms with E-state index in [0.717, 1.165) is 0 Å². The lowest BCUT2D eigenvalue weighted by atomic mass is 9.82. The Morgan fingerprint density at radius 1 is 0.282 bits per heavy atom. The summed E-state index contributed by atoms with van der Waals surface area (Å²) in [7, 11) is 0. The Bertz CT molecular complexity index is 364. The molecular weight excluding hydrogens is 538 g/mol. The van der Waals surface area contributed by atoms with Crippen LogP contribution in [0.3, 0.4) is 0 Å². The lowest BCUT2D eigenvalue weighted by Crippen LogP contribution is -2.39. The quantitative estimate of drug-likeness (QED) is 0.0729. The molecule has 0 spiro atoms. The van der Waals surface area contributed by atoms with Crippen LogP contribution in [0.5, 0.6) is 0 Å². The summed E-state index contributed by atoms with van der Waals surface area (Å²) in [5.41, 5.74) is 7.25. The van der Waals surface area contributed by atoms with Crippen LogP contribution in [-0.2, 0) is 0 Å². The number of halogens is 1. The van der Waals surface area contributed by atoms with Crippen molar-refractivity contribution in [3.8, 4) is 0 Å². The van der Waals surface area contributed by atoms with E-state index in [4.69, 9.17) is 5.73 Å². The number of hydrogen-bond donors (Lipinski definition) is 1. The van der Waals surface area contributed by atoms with E-state index in [1.807, 2.05) is 0 Å². The molecule has 0 aliphatic rings. The summed E-state index contributed by atoms with van der Waals surface area (Å²) in [6.07, 6.45) is 46.6. The molecule has 2 N–H and O–H groups in total. The summed E-state index contributed by atoms with van der Waals surface area (Å²) in [6.45, 7) is 6.93. The monoisotopic (exact) mass is 616 g/mol. The number of unbranched alkanes of at least 4 members (excludes halogenated alkanes) is 27. The zero-order valence-electron chi connectivity index (χ0n) is 27.8. The second kappa shape index (κ2) is 34.6. The molecule has 0 aromatic rings. The van der Waals surface area contributed by atoms with Gasteiger partial charge >= 0.3 is 0 Å². The van der Waals surface area contributed by atoms with Crippen LogP contribution >= 0.6 is 17.0 Å². The van der Waals surface area contributed by atoms with Crippen LogP contribution in [0.25, 0.3) is 0 Å². The van der Waals surface area contributed by atoms with E-state index < -0.39 is 0 Å². The summed E-state index contributed by atoms with van der Waals surface area (Å²) >= 11 is 0. The van der Waals surface area contributed by atoms with E-state index in [1.54, 1.807) is 0 Å². The molecule has 0 fully saturated rings. The van der Waals surface area contributed by atoms with Crippen molar-refractivity contribution in [2.45, 2.75) is 238 Å². The van der Waals surface area contributed by atoms with E-state index in [1.165, 1.54) is 212 Å². The third-order valence-electron chi connectivity index (χ3n) is 9.08. The van der Waals surface area contributed by atoms with Gasteiger partial charge in [-0.2, -0.15) is 0 Å². The van der Waals surface area contributed by atoms with Crippen molar-refractivity contribution < 1.29 is 0 Å². The second-order valence-electron chi connectivity index (χ2n) is 13.2. The molecule has 0 aromatic carbocycles. The van der Waals surface area contributed by atoms with Crippen LogP contribution in [-0.4, -0.2) is 5.54 Å². The molecule has 0 saturated carbocycles. The van der Waals surface area contributed by atoms with Crippen molar-refractivity contribution in [3.63, 3.8) is 0 Å². The molecular formula is C37H78BrN. The van der Waals surface area contributed by atoms with Crippen molar-refractivity contribution >= 4 is 17.0 Å². The average molecular weight is 617 g/mol. The molecule has 0 rings (SSSR count). The van der Waals surface area contributed by atoms with Gasteiger partial charge in [-0.25, -0.2) is 0 Å². The van der Waals surface area contributed by atoms with Crippen molar-refractivity contribution in [2.75, 3.05) is 0 Å². The Kier molecular flexibility index (Phi) is 36.9. The summed E-state index contributed by atoms with van der Waals surface area (Å²) in [6, 6.07) is 0. The van der Waals surface area contributed by atoms with E-state index in [0.29, 0.717) is 0 Å². The smallest absolute Gasteiger partial charge is 0.0154 e. The van der Waals surface area contributed by atoms with E-state index in [2.05, 4.69) is 20.8 Å². The highest BCUT2D eigenvalue weighted by Gasteiger charge is 2.23. The summed E-state index contributed by atoms with van der Waals surface area (Å²) in [4.78, 5) is 0. The Morgan fingerprint density at radius 3 is 0.615 bits per heavy atom. The minimum atomic E-state index is 0. The van der Waals surface area contributed by atoms with Crippen LogP contribution in [0.2, 0.25) is 0 Å². The molecule has 0 amide bonds. The Hall–Kier alpha value is 0.440. The van der Waals surface area contributed by atoms with E-state index in [9.17, 15) is 0 Å². The van der Waals surface area contributed by atoms with Crippen molar-refractivity contribution in [2.24, 2.45) is 5.73 Å². The van der Waals surface area contributed by atoms with Gasteiger partial charge in [0.2, 0.25) is 0 Å². The average Bonchev–Trinajstić information content (AvgIpc) is 2.92. The third kappa shape index (κ3) is 32.8. The van der Waals surface area contributed by atoms with Crippen molar-refractivity contribution in [3.05, 3.63) is 0 Å². The van der Waals surface area contributed by atoms with Crippen LogP contribution < -0.4 is 5.73 Å². The predicted octanol–water partition coefficient (Wildman–Crippen LogP) is 14.2. The maximum Gasteiger partial charge on any atom is 0.0154 e. The molecule has 0 heterocycles. The van der Waals surface area contributed by atoms with E-state index in [-0.39, 0.29) is 22.5 Å². The van der Waals surface area contributed by atoms with Gasteiger partial charge in [-0.1, -0.05) is 213 Å². The molecule has 0 bridgehead atoms. The first-order valence-corrected chi connectivity index (χ1v) is 18.5. The molecule has 0 aliphatic heterocycles. The molecule has 2 heteroatoms. The van der Waals surface area contributed by atoms with Crippen molar-refractivity contribution in [1.29, 1.82) is 0 Å². The summed E-state index contributed by atoms with van der Waals surface area (Å²) < 4.78 is 0. The zero-order chi connectivity index (χ0) is 27.8. The fraction of sp³-hybridized carbons (Fsp3) is 1.00. The first-order chi connectivity index (χ1) is 18.7. The standard InChI is InChI=1S/C37H77N.BrH/c1-4-7-10-13-16-19-22-25-28-31-34-37(38,35-32-29-26-23-20-17-14-11-8-5-2)36-33-30-27-24-21-18-15-12-9-6-3;/h4-36,38H2,1-3H3;1H. The van der Waals surface area contributed by atoms with Crippen LogP contribution in [0, 0.1) is 0 Å². The lowest BCUT2D eigenvalue weighted by Gasteiger charge is -2.30. The molecule has 1 nitrogen and oxygen atoms in total. The maximum atomic E-state index is 7.12. The van der Waals surface area contributed by atoms with Gasteiger partial charge in [0.1, 0.15) is 0 Å². The van der Waals surface area contributed by atoms with Gasteiger partial charge in [-0.3, -0.25) is 0 Å². The largest absolute Gasteiger partial charge is 0.325 e. The number of nitrogens with two attached hydrogens (primary N) is 1. The van der Waals surface area contributed by atoms with Gasteiger partial charge in [0.25, 0.3) is 0 Å². The highest BCUT2D eigenvalue weighted by atomic mass is 79.9. The SMILES string of the molecule is Br.CCCCCCCCCCCCC(N)(CCCCCCCCCCCC)CCCCCCCCCCCC. The van der Waals surface area contributed by atoms with Gasteiger partial charge in [0, 0.05) is 5.54 Å². The Balaban J connectivity index is 0. The first kappa shape index (κ1) is 41.6. The van der Waals surface area contributed by atoms with Crippen LogP contribution in [0.15, 0.2) is 0 Å². The number of rotatable bonds is 33. The van der Waals surface area contributed by atoms with Crippen LogP contribution in [0.1, 0.15) is 233 Å². The second-order valence-corrected chi connectivity index (χ2v) is 13.2. The van der Waals surface area contributed by atoms with Gasteiger partial charge in [0.15, 0.2) is 0 Å². The first-order valence-electron chi connectivity index (χ1n) is 18.5. The molecule has 0 aliphatic carbocycles. The maximum absolute atomic E-state index is 7.12. The Labute approximate surface area is 260 Å². The minimum absolute atomic E-state index is 0. The van der Waals surface area contributed by atoms with Gasteiger partial charge in [-0.15, -0.1) is 17.0 Å². The third-order valence-corrected chi connectivity index (χ3v) is 9.08.